The Hall–Kier alpha value is -0.300. The molecule has 1 nitrogen and oxygen atoms in total. The second-order valence-corrected chi connectivity index (χ2v) is 4.47. The van der Waals surface area contributed by atoms with E-state index >= 15 is 0 Å². The minimum absolute atomic E-state index is 0. The summed E-state index contributed by atoms with van der Waals surface area (Å²) >= 11 is 0. The van der Waals surface area contributed by atoms with Gasteiger partial charge in [0, 0.05) is 0 Å². The molecule has 0 aromatic rings. The largest absolute Gasteiger partial charge is 0.317 e. The van der Waals surface area contributed by atoms with Crippen LogP contribution in [0.2, 0.25) is 0 Å². The highest BCUT2D eigenvalue weighted by molar-refractivity contribution is 4.89. The van der Waals surface area contributed by atoms with Gasteiger partial charge in [-0.25, -0.2) is 0 Å². The molecule has 0 bridgehead atoms. The van der Waals surface area contributed by atoms with Crippen molar-refractivity contribution in [1.82, 2.24) is 5.32 Å². The number of nitrogens with one attached hydrogen (secondary N) is 1. The van der Waals surface area contributed by atoms with Crippen LogP contribution in [-0.4, -0.2) is 13.1 Å². The SMILES string of the molecule is C.C1=CCCC(C2CCNCC2)CC1. The molecular formula is C13H25N. The van der Waals surface area contributed by atoms with E-state index in [1.54, 1.807) is 0 Å². The molecule has 1 N–H and O–H groups in total. The lowest BCUT2D eigenvalue weighted by Gasteiger charge is -2.30. The Labute approximate surface area is 89.0 Å². The molecule has 2 aliphatic rings. The van der Waals surface area contributed by atoms with E-state index in [4.69, 9.17) is 0 Å². The molecule has 0 atom stereocenters. The molecule has 1 aliphatic heterocycles. The van der Waals surface area contributed by atoms with Crippen molar-refractivity contribution >= 4 is 0 Å². The Morgan fingerprint density at radius 1 is 0.786 bits per heavy atom. The molecule has 82 valence electrons. The first-order valence-corrected chi connectivity index (χ1v) is 5.82. The fraction of sp³-hybridized carbons (Fsp3) is 0.846. The molecule has 0 spiro atoms. The molecule has 0 radical (unpaired) electrons. The third kappa shape index (κ3) is 3.13. The third-order valence-corrected chi connectivity index (χ3v) is 3.63. The molecule has 2 rings (SSSR count). The quantitative estimate of drug-likeness (QED) is 0.633. The first kappa shape index (κ1) is 11.8. The summed E-state index contributed by atoms with van der Waals surface area (Å²) in [6, 6.07) is 0. The van der Waals surface area contributed by atoms with E-state index in [0.29, 0.717) is 0 Å². The van der Waals surface area contributed by atoms with Crippen molar-refractivity contribution in [2.75, 3.05) is 13.1 Å². The van der Waals surface area contributed by atoms with Crippen LogP contribution in [0.4, 0.5) is 0 Å². The van der Waals surface area contributed by atoms with Crippen molar-refractivity contribution in [3.05, 3.63) is 12.2 Å². The van der Waals surface area contributed by atoms with Gasteiger partial charge < -0.3 is 5.32 Å². The molecule has 14 heavy (non-hydrogen) atoms. The van der Waals surface area contributed by atoms with Crippen LogP contribution >= 0.6 is 0 Å². The van der Waals surface area contributed by atoms with Crippen molar-refractivity contribution in [3.63, 3.8) is 0 Å². The summed E-state index contributed by atoms with van der Waals surface area (Å²) in [6.07, 6.45) is 13.1. The lowest BCUT2D eigenvalue weighted by atomic mass is 9.80. The lowest BCUT2D eigenvalue weighted by Crippen LogP contribution is -2.31. The van der Waals surface area contributed by atoms with Crippen molar-refractivity contribution in [2.24, 2.45) is 11.8 Å². The first-order valence-electron chi connectivity index (χ1n) is 5.82. The number of hydrogen-bond donors (Lipinski definition) is 1. The van der Waals surface area contributed by atoms with Crippen LogP contribution in [-0.2, 0) is 0 Å². The zero-order chi connectivity index (χ0) is 8.93. The predicted molar refractivity (Wildman–Crippen MR) is 63.4 cm³/mol. The fourth-order valence-electron chi connectivity index (χ4n) is 2.79. The summed E-state index contributed by atoms with van der Waals surface area (Å²) in [5.74, 6) is 2.05. The number of hydrogen-bond acceptors (Lipinski definition) is 1. The van der Waals surface area contributed by atoms with E-state index in [0.717, 1.165) is 11.8 Å². The maximum atomic E-state index is 3.45. The summed E-state index contributed by atoms with van der Waals surface area (Å²) in [7, 11) is 0. The standard InChI is InChI=1S/C12H21N.CH4/c1-2-4-6-11(5-3-1)12-7-9-13-10-8-12;/h1-2,11-13H,3-10H2;1H4. The van der Waals surface area contributed by atoms with E-state index in [-0.39, 0.29) is 7.43 Å². The monoisotopic (exact) mass is 195 g/mol. The molecule has 0 amide bonds. The molecular weight excluding hydrogens is 170 g/mol. The van der Waals surface area contributed by atoms with Crippen LogP contribution in [0.5, 0.6) is 0 Å². The van der Waals surface area contributed by atoms with Gasteiger partial charge in [-0.1, -0.05) is 19.6 Å². The van der Waals surface area contributed by atoms with E-state index in [1.807, 2.05) is 0 Å². The average molecular weight is 195 g/mol. The van der Waals surface area contributed by atoms with Gasteiger partial charge in [-0.15, -0.1) is 0 Å². The van der Waals surface area contributed by atoms with Gasteiger partial charge in [-0.3, -0.25) is 0 Å². The zero-order valence-corrected chi connectivity index (χ0v) is 8.47. The lowest BCUT2D eigenvalue weighted by molar-refractivity contribution is 0.239. The van der Waals surface area contributed by atoms with E-state index < -0.39 is 0 Å². The summed E-state index contributed by atoms with van der Waals surface area (Å²) in [5.41, 5.74) is 0. The maximum absolute atomic E-state index is 3.45. The van der Waals surface area contributed by atoms with Gasteiger partial charge in [0.15, 0.2) is 0 Å². The average Bonchev–Trinajstić information content (AvgIpc) is 2.47. The molecule has 1 heteroatoms. The molecule has 1 saturated heterocycles. The Morgan fingerprint density at radius 3 is 1.86 bits per heavy atom. The second kappa shape index (κ2) is 6.23. The van der Waals surface area contributed by atoms with Crippen LogP contribution < -0.4 is 5.32 Å². The van der Waals surface area contributed by atoms with Crippen molar-refractivity contribution in [3.8, 4) is 0 Å². The molecule has 1 fully saturated rings. The second-order valence-electron chi connectivity index (χ2n) is 4.47. The van der Waals surface area contributed by atoms with Gasteiger partial charge in [-0.2, -0.15) is 0 Å². The van der Waals surface area contributed by atoms with Crippen molar-refractivity contribution in [2.45, 2.75) is 46.0 Å². The third-order valence-electron chi connectivity index (χ3n) is 3.63. The molecule has 1 aliphatic carbocycles. The molecule has 0 aromatic heterocycles. The Balaban J connectivity index is 0.000000980. The minimum atomic E-state index is 0. The van der Waals surface area contributed by atoms with Crippen LogP contribution in [0, 0.1) is 11.8 Å². The van der Waals surface area contributed by atoms with E-state index in [2.05, 4.69) is 17.5 Å². The summed E-state index contributed by atoms with van der Waals surface area (Å²) < 4.78 is 0. The predicted octanol–water partition coefficient (Wildman–Crippen LogP) is 3.37. The number of rotatable bonds is 1. The highest BCUT2D eigenvalue weighted by Gasteiger charge is 2.22. The maximum Gasteiger partial charge on any atom is -0.00462 e. The summed E-state index contributed by atoms with van der Waals surface area (Å²) in [5, 5.41) is 3.45. The van der Waals surface area contributed by atoms with Crippen LogP contribution in [0.3, 0.4) is 0 Å². The van der Waals surface area contributed by atoms with E-state index in [1.165, 1.54) is 51.6 Å². The summed E-state index contributed by atoms with van der Waals surface area (Å²) in [6.45, 7) is 2.52. The molecule has 0 aromatic carbocycles. The highest BCUT2D eigenvalue weighted by Crippen LogP contribution is 2.31. The smallest absolute Gasteiger partial charge is 0.00462 e. The molecule has 1 heterocycles. The van der Waals surface area contributed by atoms with Crippen molar-refractivity contribution in [1.29, 1.82) is 0 Å². The van der Waals surface area contributed by atoms with Gasteiger partial charge in [0.05, 0.1) is 0 Å². The normalized spacial score (nSPS) is 25.4. The number of allylic oxidation sites excluding steroid dienone is 2. The Morgan fingerprint density at radius 2 is 1.29 bits per heavy atom. The van der Waals surface area contributed by atoms with Crippen LogP contribution in [0.15, 0.2) is 12.2 Å². The first-order chi connectivity index (χ1) is 6.47. The minimum Gasteiger partial charge on any atom is -0.317 e. The Kier molecular flexibility index (Phi) is 5.24. The highest BCUT2D eigenvalue weighted by atomic mass is 14.9. The summed E-state index contributed by atoms with van der Waals surface area (Å²) in [4.78, 5) is 0. The van der Waals surface area contributed by atoms with Gasteiger partial charge in [-0.05, 0) is 63.5 Å². The topological polar surface area (TPSA) is 12.0 Å². The fourth-order valence-corrected chi connectivity index (χ4v) is 2.79. The van der Waals surface area contributed by atoms with Gasteiger partial charge >= 0.3 is 0 Å². The van der Waals surface area contributed by atoms with E-state index in [9.17, 15) is 0 Å². The molecule has 0 saturated carbocycles. The number of piperidine rings is 1. The van der Waals surface area contributed by atoms with Gasteiger partial charge in [0.1, 0.15) is 0 Å². The van der Waals surface area contributed by atoms with Gasteiger partial charge in [0.2, 0.25) is 0 Å². The van der Waals surface area contributed by atoms with Gasteiger partial charge in [0.25, 0.3) is 0 Å². The Bertz CT molecular complexity index is 158. The van der Waals surface area contributed by atoms with Crippen molar-refractivity contribution < 1.29 is 0 Å². The molecule has 0 unspecified atom stereocenters. The van der Waals surface area contributed by atoms with Crippen LogP contribution in [0.1, 0.15) is 46.0 Å². The van der Waals surface area contributed by atoms with Crippen LogP contribution in [0.25, 0.3) is 0 Å². The zero-order valence-electron chi connectivity index (χ0n) is 8.47.